The van der Waals surface area contributed by atoms with E-state index in [0.29, 0.717) is 28.3 Å². The van der Waals surface area contributed by atoms with E-state index in [1.54, 1.807) is 18.2 Å². The molecule has 2 saturated heterocycles. The number of ether oxygens (including phenoxy) is 1. The van der Waals surface area contributed by atoms with Crippen molar-refractivity contribution in [3.05, 3.63) is 28.2 Å². The molecular weight excluding hydrogens is 371 g/mol. The summed E-state index contributed by atoms with van der Waals surface area (Å²) < 4.78 is 5.77. The van der Waals surface area contributed by atoms with E-state index in [4.69, 9.17) is 27.9 Å². The first-order chi connectivity index (χ1) is 12.6. The number of amides is 1. The predicted octanol–water partition coefficient (Wildman–Crippen LogP) is 4.49. The van der Waals surface area contributed by atoms with E-state index >= 15 is 0 Å². The third-order valence-electron chi connectivity index (χ3n) is 5.41. The second-order valence-electron chi connectivity index (χ2n) is 7.28. The molecule has 2 heterocycles. The lowest BCUT2D eigenvalue weighted by atomic mass is 9.95. The zero-order chi connectivity index (χ0) is 18.4. The number of piperidine rings is 1. The molecule has 1 aromatic rings. The van der Waals surface area contributed by atoms with Crippen LogP contribution in [0.2, 0.25) is 10.0 Å². The van der Waals surface area contributed by atoms with Crippen molar-refractivity contribution < 1.29 is 9.53 Å². The molecule has 2 fully saturated rings. The van der Waals surface area contributed by atoms with Gasteiger partial charge in [0.05, 0.1) is 5.02 Å². The lowest BCUT2D eigenvalue weighted by Gasteiger charge is -2.34. The number of likely N-dealkylation sites (tertiary alicyclic amines) is 2. The number of hydrogen-bond acceptors (Lipinski definition) is 3. The van der Waals surface area contributed by atoms with Crippen LogP contribution in [0.5, 0.6) is 5.75 Å². The minimum atomic E-state index is 0.205. The Bertz CT molecular complexity index is 595. The fraction of sp³-hybridized carbons (Fsp3) is 0.650. The lowest BCUT2D eigenvalue weighted by Crippen LogP contribution is -2.43. The Kier molecular flexibility index (Phi) is 7.47. The van der Waals surface area contributed by atoms with Gasteiger partial charge in [-0.1, -0.05) is 36.0 Å². The maximum absolute atomic E-state index is 12.7. The number of rotatable bonds is 5. The highest BCUT2D eigenvalue weighted by Crippen LogP contribution is 2.27. The van der Waals surface area contributed by atoms with E-state index in [-0.39, 0.29) is 5.92 Å². The van der Waals surface area contributed by atoms with Crippen molar-refractivity contribution in [3.8, 4) is 5.75 Å². The van der Waals surface area contributed by atoms with Gasteiger partial charge in [0.1, 0.15) is 12.4 Å². The molecule has 0 saturated carbocycles. The number of hydrogen-bond donors (Lipinski definition) is 0. The average molecular weight is 399 g/mol. The Hall–Kier alpha value is -0.970. The SMILES string of the molecule is O=C(C1CCN(CCOc2ccc(Cl)cc2Cl)CC1)N1CCCCCC1. The molecule has 0 radical (unpaired) electrons. The van der Waals surface area contributed by atoms with Gasteiger partial charge in [-0.05, 0) is 57.0 Å². The molecule has 0 atom stereocenters. The minimum absolute atomic E-state index is 0.205. The Morgan fingerprint density at radius 1 is 1.04 bits per heavy atom. The molecular formula is C20H28Cl2N2O2. The van der Waals surface area contributed by atoms with Gasteiger partial charge in [-0.2, -0.15) is 0 Å². The number of carbonyl (C=O) groups excluding carboxylic acids is 1. The first-order valence-corrected chi connectivity index (χ1v) is 10.5. The number of nitrogens with zero attached hydrogens (tertiary/aromatic N) is 2. The van der Waals surface area contributed by atoms with Gasteiger partial charge in [-0.3, -0.25) is 9.69 Å². The maximum Gasteiger partial charge on any atom is 0.225 e. The molecule has 2 aliphatic heterocycles. The van der Waals surface area contributed by atoms with E-state index in [9.17, 15) is 4.79 Å². The molecule has 0 N–H and O–H groups in total. The van der Waals surface area contributed by atoms with Crippen LogP contribution in [0.1, 0.15) is 38.5 Å². The van der Waals surface area contributed by atoms with Crippen LogP contribution >= 0.6 is 23.2 Å². The summed E-state index contributed by atoms with van der Waals surface area (Å²) in [7, 11) is 0. The van der Waals surface area contributed by atoms with Crippen LogP contribution in [0.4, 0.5) is 0 Å². The van der Waals surface area contributed by atoms with Crippen LogP contribution in [0.3, 0.4) is 0 Å². The quantitative estimate of drug-likeness (QED) is 0.732. The third-order valence-corrected chi connectivity index (χ3v) is 5.94. The zero-order valence-electron chi connectivity index (χ0n) is 15.3. The van der Waals surface area contributed by atoms with Crippen molar-refractivity contribution in [1.82, 2.24) is 9.80 Å². The smallest absolute Gasteiger partial charge is 0.225 e. The van der Waals surface area contributed by atoms with E-state index < -0.39 is 0 Å². The first kappa shape index (κ1) is 19.8. The monoisotopic (exact) mass is 398 g/mol. The summed E-state index contributed by atoms with van der Waals surface area (Å²) in [4.78, 5) is 17.2. The molecule has 4 nitrogen and oxygen atoms in total. The molecule has 6 heteroatoms. The van der Waals surface area contributed by atoms with Gasteiger partial charge in [-0.25, -0.2) is 0 Å². The number of carbonyl (C=O) groups is 1. The molecule has 1 aromatic carbocycles. The van der Waals surface area contributed by atoms with Crippen LogP contribution < -0.4 is 4.74 Å². The summed E-state index contributed by atoms with van der Waals surface area (Å²) in [6.07, 6.45) is 6.76. The van der Waals surface area contributed by atoms with Crippen LogP contribution in [0, 0.1) is 5.92 Å². The zero-order valence-corrected chi connectivity index (χ0v) is 16.8. The standard InChI is InChI=1S/C20H28Cl2N2O2/c21-17-5-6-19(18(22)15-17)26-14-13-23-11-7-16(8-12-23)20(25)24-9-3-1-2-4-10-24/h5-6,15-16H,1-4,7-14H2. The van der Waals surface area contributed by atoms with E-state index in [2.05, 4.69) is 9.80 Å². The highest BCUT2D eigenvalue weighted by atomic mass is 35.5. The second-order valence-corrected chi connectivity index (χ2v) is 8.12. The minimum Gasteiger partial charge on any atom is -0.491 e. The largest absolute Gasteiger partial charge is 0.491 e. The average Bonchev–Trinajstić information content (AvgIpc) is 2.93. The van der Waals surface area contributed by atoms with E-state index in [1.165, 1.54) is 12.8 Å². The summed E-state index contributed by atoms with van der Waals surface area (Å²) in [5.74, 6) is 1.26. The molecule has 3 rings (SSSR count). The Morgan fingerprint density at radius 3 is 2.38 bits per heavy atom. The van der Waals surface area contributed by atoms with Crippen LogP contribution in [-0.2, 0) is 4.79 Å². The summed E-state index contributed by atoms with van der Waals surface area (Å²) in [6, 6.07) is 5.28. The van der Waals surface area contributed by atoms with Gasteiger partial charge in [-0.15, -0.1) is 0 Å². The van der Waals surface area contributed by atoms with Gasteiger partial charge < -0.3 is 9.64 Å². The normalized spacial score (nSPS) is 20.0. The molecule has 0 spiro atoms. The summed E-state index contributed by atoms with van der Waals surface area (Å²) in [5.41, 5.74) is 0. The van der Waals surface area contributed by atoms with Crippen molar-refractivity contribution in [1.29, 1.82) is 0 Å². The van der Waals surface area contributed by atoms with Crippen molar-refractivity contribution in [2.24, 2.45) is 5.92 Å². The fourth-order valence-corrected chi connectivity index (χ4v) is 4.29. The second kappa shape index (κ2) is 9.82. The molecule has 0 aliphatic carbocycles. The maximum atomic E-state index is 12.7. The van der Waals surface area contributed by atoms with Crippen LogP contribution in [0.25, 0.3) is 0 Å². The Labute approximate surface area is 166 Å². The van der Waals surface area contributed by atoms with Crippen molar-refractivity contribution in [3.63, 3.8) is 0 Å². The summed E-state index contributed by atoms with van der Waals surface area (Å²) in [6.45, 7) is 5.27. The fourth-order valence-electron chi connectivity index (χ4n) is 3.83. The Balaban J connectivity index is 1.38. The van der Waals surface area contributed by atoms with Gasteiger partial charge >= 0.3 is 0 Å². The molecule has 0 unspecified atom stereocenters. The van der Waals surface area contributed by atoms with Gasteiger partial charge in [0.25, 0.3) is 0 Å². The molecule has 2 aliphatic rings. The highest BCUT2D eigenvalue weighted by molar-refractivity contribution is 6.35. The molecule has 26 heavy (non-hydrogen) atoms. The Morgan fingerprint density at radius 2 is 1.73 bits per heavy atom. The van der Waals surface area contributed by atoms with Crippen molar-refractivity contribution >= 4 is 29.1 Å². The van der Waals surface area contributed by atoms with E-state index in [1.807, 2.05) is 0 Å². The van der Waals surface area contributed by atoms with Gasteiger partial charge in [0.15, 0.2) is 0 Å². The highest BCUT2D eigenvalue weighted by Gasteiger charge is 2.28. The van der Waals surface area contributed by atoms with Crippen molar-refractivity contribution in [2.45, 2.75) is 38.5 Å². The predicted molar refractivity (Wildman–Crippen MR) is 106 cm³/mol. The van der Waals surface area contributed by atoms with Gasteiger partial charge in [0.2, 0.25) is 5.91 Å². The molecule has 1 amide bonds. The molecule has 0 aromatic heterocycles. The van der Waals surface area contributed by atoms with E-state index in [0.717, 1.165) is 58.4 Å². The lowest BCUT2D eigenvalue weighted by molar-refractivity contribution is -0.137. The topological polar surface area (TPSA) is 32.8 Å². The van der Waals surface area contributed by atoms with Crippen LogP contribution in [0.15, 0.2) is 18.2 Å². The summed E-state index contributed by atoms with van der Waals surface area (Å²) >= 11 is 12.0. The van der Waals surface area contributed by atoms with Crippen molar-refractivity contribution in [2.75, 3.05) is 39.3 Å². The third kappa shape index (κ3) is 5.51. The molecule has 144 valence electrons. The first-order valence-electron chi connectivity index (χ1n) is 9.72. The number of halogens is 2. The van der Waals surface area contributed by atoms with Gasteiger partial charge in [0, 0.05) is 30.6 Å². The number of benzene rings is 1. The summed E-state index contributed by atoms with van der Waals surface area (Å²) in [5, 5.41) is 1.15. The molecule has 0 bridgehead atoms. The van der Waals surface area contributed by atoms with Crippen LogP contribution in [-0.4, -0.2) is 55.0 Å².